The van der Waals surface area contributed by atoms with Crippen LogP contribution in [0.25, 0.3) is 0 Å². The van der Waals surface area contributed by atoms with Crippen molar-refractivity contribution in [1.82, 2.24) is 15.5 Å². The SMILES string of the molecule is CC(C)N(CC(=O)NC1CCCC1)CC1CCCN1. The Labute approximate surface area is 117 Å². The molecule has 1 aliphatic heterocycles. The molecule has 4 heteroatoms. The molecule has 0 radical (unpaired) electrons. The van der Waals surface area contributed by atoms with Gasteiger partial charge in [0, 0.05) is 24.7 Å². The first kappa shape index (κ1) is 14.8. The lowest BCUT2D eigenvalue weighted by atomic mass is 10.2. The van der Waals surface area contributed by atoms with Crippen molar-refractivity contribution in [1.29, 1.82) is 0 Å². The van der Waals surface area contributed by atoms with Crippen molar-refractivity contribution in [2.75, 3.05) is 19.6 Å². The molecule has 1 heterocycles. The maximum absolute atomic E-state index is 12.1. The van der Waals surface area contributed by atoms with Gasteiger partial charge in [-0.15, -0.1) is 0 Å². The van der Waals surface area contributed by atoms with E-state index in [1.807, 2.05) is 0 Å². The molecule has 0 aromatic rings. The lowest BCUT2D eigenvalue weighted by Gasteiger charge is -2.29. The molecule has 1 saturated heterocycles. The molecule has 4 nitrogen and oxygen atoms in total. The van der Waals surface area contributed by atoms with Crippen LogP contribution in [-0.2, 0) is 4.79 Å². The van der Waals surface area contributed by atoms with E-state index in [1.54, 1.807) is 0 Å². The van der Waals surface area contributed by atoms with Crippen molar-refractivity contribution in [2.24, 2.45) is 0 Å². The van der Waals surface area contributed by atoms with Gasteiger partial charge in [0.15, 0.2) is 0 Å². The van der Waals surface area contributed by atoms with Crippen LogP contribution in [0, 0.1) is 0 Å². The number of hydrogen-bond donors (Lipinski definition) is 2. The van der Waals surface area contributed by atoms with E-state index in [2.05, 4.69) is 29.4 Å². The van der Waals surface area contributed by atoms with Gasteiger partial charge >= 0.3 is 0 Å². The van der Waals surface area contributed by atoms with Crippen LogP contribution in [0.1, 0.15) is 52.4 Å². The Hall–Kier alpha value is -0.610. The van der Waals surface area contributed by atoms with Crippen LogP contribution in [0.4, 0.5) is 0 Å². The molecule has 2 fully saturated rings. The van der Waals surface area contributed by atoms with Gasteiger partial charge in [-0.05, 0) is 46.1 Å². The molecule has 0 bridgehead atoms. The molecule has 19 heavy (non-hydrogen) atoms. The van der Waals surface area contributed by atoms with Crippen LogP contribution < -0.4 is 10.6 Å². The average Bonchev–Trinajstić information content (AvgIpc) is 3.00. The summed E-state index contributed by atoms with van der Waals surface area (Å²) < 4.78 is 0. The summed E-state index contributed by atoms with van der Waals surface area (Å²) in [5.74, 6) is 0.207. The third-order valence-corrected chi connectivity index (χ3v) is 4.41. The number of nitrogens with zero attached hydrogens (tertiary/aromatic N) is 1. The quantitative estimate of drug-likeness (QED) is 0.767. The maximum atomic E-state index is 12.1. The summed E-state index contributed by atoms with van der Waals surface area (Å²) in [4.78, 5) is 14.4. The number of hydrogen-bond acceptors (Lipinski definition) is 3. The zero-order valence-electron chi connectivity index (χ0n) is 12.5. The smallest absolute Gasteiger partial charge is 0.234 e. The number of amides is 1. The highest BCUT2D eigenvalue weighted by Gasteiger charge is 2.23. The Morgan fingerprint density at radius 1 is 1.26 bits per heavy atom. The van der Waals surface area contributed by atoms with Gasteiger partial charge in [0.05, 0.1) is 6.54 Å². The minimum Gasteiger partial charge on any atom is -0.352 e. The second-order valence-electron chi connectivity index (χ2n) is 6.37. The van der Waals surface area contributed by atoms with E-state index in [0.717, 1.165) is 25.9 Å². The van der Waals surface area contributed by atoms with Crippen molar-refractivity contribution in [3.8, 4) is 0 Å². The van der Waals surface area contributed by atoms with Gasteiger partial charge in [0.1, 0.15) is 0 Å². The zero-order valence-corrected chi connectivity index (χ0v) is 12.5. The largest absolute Gasteiger partial charge is 0.352 e. The number of nitrogens with one attached hydrogen (secondary N) is 2. The molecule has 0 aromatic carbocycles. The monoisotopic (exact) mass is 267 g/mol. The van der Waals surface area contributed by atoms with Gasteiger partial charge in [-0.2, -0.15) is 0 Å². The van der Waals surface area contributed by atoms with E-state index in [1.165, 1.54) is 25.7 Å². The molecule has 2 rings (SSSR count). The first-order valence-corrected chi connectivity index (χ1v) is 7.92. The highest BCUT2D eigenvalue weighted by Crippen LogP contribution is 2.17. The maximum Gasteiger partial charge on any atom is 0.234 e. The zero-order chi connectivity index (χ0) is 13.7. The topological polar surface area (TPSA) is 44.4 Å². The molecule has 110 valence electrons. The summed E-state index contributed by atoms with van der Waals surface area (Å²) in [7, 11) is 0. The van der Waals surface area contributed by atoms with Crippen molar-refractivity contribution >= 4 is 5.91 Å². The summed E-state index contributed by atoms with van der Waals surface area (Å²) in [6.45, 7) is 7.03. The third-order valence-electron chi connectivity index (χ3n) is 4.41. The summed E-state index contributed by atoms with van der Waals surface area (Å²) in [5.41, 5.74) is 0. The molecule has 0 spiro atoms. The fourth-order valence-corrected chi connectivity index (χ4v) is 3.18. The second kappa shape index (κ2) is 7.25. The summed E-state index contributed by atoms with van der Waals surface area (Å²) in [5, 5.41) is 6.70. The van der Waals surface area contributed by atoms with E-state index >= 15 is 0 Å². The van der Waals surface area contributed by atoms with Crippen LogP contribution in [0.15, 0.2) is 0 Å². The Bertz CT molecular complexity index is 281. The van der Waals surface area contributed by atoms with Gasteiger partial charge < -0.3 is 10.6 Å². The highest BCUT2D eigenvalue weighted by atomic mass is 16.2. The van der Waals surface area contributed by atoms with Crippen molar-refractivity contribution in [3.05, 3.63) is 0 Å². The van der Waals surface area contributed by atoms with Gasteiger partial charge in [-0.1, -0.05) is 12.8 Å². The Morgan fingerprint density at radius 2 is 2.00 bits per heavy atom. The van der Waals surface area contributed by atoms with E-state index in [9.17, 15) is 4.79 Å². The fraction of sp³-hybridized carbons (Fsp3) is 0.933. The summed E-state index contributed by atoms with van der Waals surface area (Å²) in [6, 6.07) is 1.43. The fourth-order valence-electron chi connectivity index (χ4n) is 3.18. The first-order valence-electron chi connectivity index (χ1n) is 7.92. The Kier molecular flexibility index (Phi) is 5.64. The van der Waals surface area contributed by atoms with Gasteiger partial charge in [0.2, 0.25) is 5.91 Å². The van der Waals surface area contributed by atoms with Crippen molar-refractivity contribution in [3.63, 3.8) is 0 Å². The second-order valence-corrected chi connectivity index (χ2v) is 6.37. The van der Waals surface area contributed by atoms with Crippen LogP contribution in [-0.4, -0.2) is 48.6 Å². The molecule has 1 saturated carbocycles. The predicted octanol–water partition coefficient (Wildman–Crippen LogP) is 1.51. The van der Waals surface area contributed by atoms with E-state index in [4.69, 9.17) is 0 Å². The third kappa shape index (κ3) is 4.77. The van der Waals surface area contributed by atoms with E-state index < -0.39 is 0 Å². The Balaban J connectivity index is 1.76. The number of carbonyl (C=O) groups excluding carboxylic acids is 1. The van der Waals surface area contributed by atoms with Gasteiger partial charge in [-0.3, -0.25) is 9.69 Å². The normalized spacial score (nSPS) is 24.5. The highest BCUT2D eigenvalue weighted by molar-refractivity contribution is 5.78. The van der Waals surface area contributed by atoms with Crippen LogP contribution in [0.3, 0.4) is 0 Å². The molecule has 1 aliphatic carbocycles. The standard InChI is InChI=1S/C15H29N3O/c1-12(2)18(10-14-8-5-9-16-14)11-15(19)17-13-6-3-4-7-13/h12-14,16H,3-11H2,1-2H3,(H,17,19). The van der Waals surface area contributed by atoms with Gasteiger partial charge in [-0.25, -0.2) is 0 Å². The minimum absolute atomic E-state index is 0.207. The summed E-state index contributed by atoms with van der Waals surface area (Å²) in [6.07, 6.45) is 7.38. The summed E-state index contributed by atoms with van der Waals surface area (Å²) >= 11 is 0. The van der Waals surface area contributed by atoms with Crippen LogP contribution >= 0.6 is 0 Å². The molecular formula is C15H29N3O. The lowest BCUT2D eigenvalue weighted by Crippen LogP contribution is -2.47. The molecule has 1 unspecified atom stereocenters. The Morgan fingerprint density at radius 3 is 2.58 bits per heavy atom. The molecule has 0 aromatic heterocycles. The van der Waals surface area contributed by atoms with Crippen LogP contribution in [0.2, 0.25) is 0 Å². The lowest BCUT2D eigenvalue weighted by molar-refractivity contribution is -0.123. The first-order chi connectivity index (χ1) is 9.15. The van der Waals surface area contributed by atoms with E-state index in [0.29, 0.717) is 24.7 Å². The average molecular weight is 267 g/mol. The molecule has 2 aliphatic rings. The number of carbonyl (C=O) groups is 1. The van der Waals surface area contributed by atoms with E-state index in [-0.39, 0.29) is 5.91 Å². The molecule has 1 amide bonds. The van der Waals surface area contributed by atoms with Crippen molar-refractivity contribution < 1.29 is 4.79 Å². The van der Waals surface area contributed by atoms with Gasteiger partial charge in [0.25, 0.3) is 0 Å². The molecule has 1 atom stereocenters. The van der Waals surface area contributed by atoms with Crippen molar-refractivity contribution in [2.45, 2.75) is 70.5 Å². The predicted molar refractivity (Wildman–Crippen MR) is 78.1 cm³/mol. The minimum atomic E-state index is 0.207. The molecule has 2 N–H and O–H groups in total. The molecular weight excluding hydrogens is 238 g/mol. The number of rotatable bonds is 6. The van der Waals surface area contributed by atoms with Crippen LogP contribution in [0.5, 0.6) is 0 Å².